The Morgan fingerprint density at radius 2 is 1.87 bits per heavy atom. The van der Waals surface area contributed by atoms with Crippen LogP contribution in [0, 0.1) is 5.82 Å². The van der Waals surface area contributed by atoms with Gasteiger partial charge in [0.1, 0.15) is 11.6 Å². The van der Waals surface area contributed by atoms with E-state index in [0.29, 0.717) is 0 Å². The van der Waals surface area contributed by atoms with Crippen LogP contribution in [0.5, 0.6) is 5.75 Å². The van der Waals surface area contributed by atoms with E-state index in [1.165, 1.54) is 6.07 Å². The van der Waals surface area contributed by atoms with Crippen LogP contribution in [0.3, 0.4) is 0 Å². The van der Waals surface area contributed by atoms with Crippen LogP contribution >= 0.6 is 0 Å². The molecule has 2 nitrogen and oxygen atoms in total. The van der Waals surface area contributed by atoms with E-state index in [9.17, 15) is 4.39 Å². The second-order valence-corrected chi connectivity index (χ2v) is 4.32. The second kappa shape index (κ2) is 4.19. The summed E-state index contributed by atoms with van der Waals surface area (Å²) < 4.78 is 13.5. The Labute approximate surface area is 88.9 Å². The molecule has 0 amide bonds. The van der Waals surface area contributed by atoms with Crippen LogP contribution < -0.4 is 5.73 Å². The van der Waals surface area contributed by atoms with Crippen LogP contribution in [0.15, 0.2) is 18.2 Å². The number of halogens is 1. The predicted octanol–water partition coefficient (Wildman–Crippen LogP) is 2.52. The van der Waals surface area contributed by atoms with Crippen LogP contribution in [-0.4, -0.2) is 11.1 Å². The van der Waals surface area contributed by atoms with E-state index in [-0.39, 0.29) is 23.5 Å². The minimum atomic E-state index is -0.296. The van der Waals surface area contributed by atoms with Crippen LogP contribution in [-0.2, 0) is 0 Å². The molecule has 1 aliphatic rings. The lowest BCUT2D eigenvalue weighted by molar-refractivity contribution is 0.385. The van der Waals surface area contributed by atoms with Crippen LogP contribution in [0.25, 0.3) is 0 Å². The Morgan fingerprint density at radius 1 is 1.20 bits per heavy atom. The molecule has 0 aliphatic heterocycles. The molecule has 0 radical (unpaired) electrons. The molecule has 0 aromatic heterocycles. The molecule has 0 atom stereocenters. The Balaban J connectivity index is 2.15. The van der Waals surface area contributed by atoms with E-state index >= 15 is 0 Å². The molecule has 2 rings (SSSR count). The molecule has 0 bridgehead atoms. The average Bonchev–Trinajstić information content (AvgIpc) is 2.20. The monoisotopic (exact) mass is 209 g/mol. The number of phenols is 1. The molecule has 0 unspecified atom stereocenters. The molecule has 3 N–H and O–H groups in total. The van der Waals surface area contributed by atoms with Crippen molar-refractivity contribution in [2.24, 2.45) is 5.73 Å². The molecule has 15 heavy (non-hydrogen) atoms. The summed E-state index contributed by atoms with van der Waals surface area (Å²) >= 11 is 0. The van der Waals surface area contributed by atoms with Crippen LogP contribution in [0.4, 0.5) is 4.39 Å². The predicted molar refractivity (Wildman–Crippen MR) is 57.2 cm³/mol. The summed E-state index contributed by atoms with van der Waals surface area (Å²) in [6.45, 7) is 0. The third kappa shape index (κ3) is 2.29. The highest BCUT2D eigenvalue weighted by molar-refractivity contribution is 5.30. The van der Waals surface area contributed by atoms with Gasteiger partial charge < -0.3 is 10.8 Å². The summed E-state index contributed by atoms with van der Waals surface area (Å²) in [5, 5.41) is 9.12. The molecule has 0 heterocycles. The maximum absolute atomic E-state index is 13.5. The quantitative estimate of drug-likeness (QED) is 0.746. The zero-order valence-electron chi connectivity index (χ0n) is 8.62. The van der Waals surface area contributed by atoms with Crippen molar-refractivity contribution in [2.75, 3.05) is 0 Å². The van der Waals surface area contributed by atoms with Crippen molar-refractivity contribution in [3.8, 4) is 5.75 Å². The lowest BCUT2D eigenvalue weighted by Crippen LogP contribution is -2.25. The van der Waals surface area contributed by atoms with Gasteiger partial charge in [0.15, 0.2) is 0 Å². The zero-order valence-corrected chi connectivity index (χ0v) is 8.62. The SMILES string of the molecule is NC1CCC(c2ccc(O)cc2F)CC1. The highest BCUT2D eigenvalue weighted by atomic mass is 19.1. The van der Waals surface area contributed by atoms with E-state index in [4.69, 9.17) is 10.8 Å². The Kier molecular flexibility index (Phi) is 2.91. The number of hydrogen-bond donors (Lipinski definition) is 2. The zero-order chi connectivity index (χ0) is 10.8. The van der Waals surface area contributed by atoms with E-state index in [0.717, 1.165) is 31.2 Å². The molecule has 1 aromatic carbocycles. The number of hydrogen-bond acceptors (Lipinski definition) is 2. The summed E-state index contributed by atoms with van der Waals surface area (Å²) in [7, 11) is 0. The molecule has 1 saturated carbocycles. The molecule has 3 heteroatoms. The smallest absolute Gasteiger partial charge is 0.130 e. The van der Waals surface area contributed by atoms with Gasteiger partial charge in [-0.2, -0.15) is 0 Å². The third-order valence-corrected chi connectivity index (χ3v) is 3.20. The van der Waals surface area contributed by atoms with Gasteiger partial charge in [0.2, 0.25) is 0 Å². The third-order valence-electron chi connectivity index (χ3n) is 3.20. The fraction of sp³-hybridized carbons (Fsp3) is 0.500. The second-order valence-electron chi connectivity index (χ2n) is 4.32. The summed E-state index contributed by atoms with van der Waals surface area (Å²) in [5.41, 5.74) is 6.53. The first kappa shape index (κ1) is 10.4. The molecular formula is C12H16FNO. The summed E-state index contributed by atoms with van der Waals surface area (Å²) in [6, 6.07) is 4.70. The fourth-order valence-corrected chi connectivity index (χ4v) is 2.28. The van der Waals surface area contributed by atoms with Gasteiger partial charge in [-0.3, -0.25) is 0 Å². The topological polar surface area (TPSA) is 46.2 Å². The van der Waals surface area contributed by atoms with Crippen molar-refractivity contribution in [2.45, 2.75) is 37.6 Å². The number of nitrogens with two attached hydrogens (primary N) is 1. The summed E-state index contributed by atoms with van der Waals surface area (Å²) in [6.07, 6.45) is 3.82. The van der Waals surface area contributed by atoms with Gasteiger partial charge >= 0.3 is 0 Å². The minimum Gasteiger partial charge on any atom is -0.508 e. The van der Waals surface area contributed by atoms with Gasteiger partial charge in [-0.05, 0) is 43.2 Å². The lowest BCUT2D eigenvalue weighted by atomic mass is 9.82. The standard InChI is InChI=1S/C12H16FNO/c13-12-7-10(15)5-6-11(12)8-1-3-9(14)4-2-8/h5-9,15H,1-4,14H2. The molecule has 0 saturated heterocycles. The Morgan fingerprint density at radius 3 is 2.47 bits per heavy atom. The van der Waals surface area contributed by atoms with Crippen molar-refractivity contribution in [1.29, 1.82) is 0 Å². The van der Waals surface area contributed by atoms with Crippen LogP contribution in [0.2, 0.25) is 0 Å². The maximum Gasteiger partial charge on any atom is 0.130 e. The van der Waals surface area contributed by atoms with Crippen molar-refractivity contribution < 1.29 is 9.50 Å². The molecule has 1 aromatic rings. The normalized spacial score (nSPS) is 26.5. The number of phenolic OH excluding ortho intramolecular Hbond substituents is 1. The molecule has 0 spiro atoms. The summed E-state index contributed by atoms with van der Waals surface area (Å²) in [5.74, 6) is -0.0374. The van der Waals surface area contributed by atoms with E-state index in [1.54, 1.807) is 12.1 Å². The van der Waals surface area contributed by atoms with E-state index in [2.05, 4.69) is 0 Å². The first-order chi connectivity index (χ1) is 7.16. The van der Waals surface area contributed by atoms with Crippen molar-refractivity contribution in [1.82, 2.24) is 0 Å². The van der Waals surface area contributed by atoms with Gasteiger partial charge in [-0.25, -0.2) is 4.39 Å². The van der Waals surface area contributed by atoms with E-state index < -0.39 is 0 Å². The molecule has 1 aliphatic carbocycles. The van der Waals surface area contributed by atoms with Crippen LogP contribution in [0.1, 0.15) is 37.2 Å². The average molecular weight is 209 g/mol. The number of benzene rings is 1. The maximum atomic E-state index is 13.5. The van der Waals surface area contributed by atoms with Gasteiger partial charge in [0, 0.05) is 12.1 Å². The fourth-order valence-electron chi connectivity index (χ4n) is 2.28. The number of rotatable bonds is 1. The van der Waals surface area contributed by atoms with Gasteiger partial charge in [-0.15, -0.1) is 0 Å². The Hall–Kier alpha value is -1.09. The van der Waals surface area contributed by atoms with Gasteiger partial charge in [-0.1, -0.05) is 6.07 Å². The Bertz CT molecular complexity index is 345. The first-order valence-corrected chi connectivity index (χ1v) is 5.41. The van der Waals surface area contributed by atoms with Gasteiger partial charge in [0.25, 0.3) is 0 Å². The largest absolute Gasteiger partial charge is 0.508 e. The van der Waals surface area contributed by atoms with Gasteiger partial charge in [0.05, 0.1) is 0 Å². The van der Waals surface area contributed by atoms with Crippen molar-refractivity contribution in [3.63, 3.8) is 0 Å². The molecule has 1 fully saturated rings. The molecular weight excluding hydrogens is 193 g/mol. The lowest BCUT2D eigenvalue weighted by Gasteiger charge is -2.26. The molecule has 82 valence electrons. The van der Waals surface area contributed by atoms with Crippen molar-refractivity contribution in [3.05, 3.63) is 29.6 Å². The summed E-state index contributed by atoms with van der Waals surface area (Å²) in [4.78, 5) is 0. The number of aromatic hydroxyl groups is 1. The van der Waals surface area contributed by atoms with E-state index in [1.807, 2.05) is 0 Å². The van der Waals surface area contributed by atoms with Crippen molar-refractivity contribution >= 4 is 0 Å². The first-order valence-electron chi connectivity index (χ1n) is 5.41. The highest BCUT2D eigenvalue weighted by Gasteiger charge is 2.22. The minimum absolute atomic E-state index is 0.0104. The highest BCUT2D eigenvalue weighted by Crippen LogP contribution is 2.34.